The maximum atomic E-state index is 13.4. The van der Waals surface area contributed by atoms with Crippen molar-refractivity contribution in [1.82, 2.24) is 5.32 Å². The minimum Gasteiger partial charge on any atom is -0.490 e. The Labute approximate surface area is 252 Å². The lowest BCUT2D eigenvalue weighted by Crippen LogP contribution is -2.54. The molecule has 12 heteroatoms. The van der Waals surface area contributed by atoms with Gasteiger partial charge in [0.1, 0.15) is 12.2 Å². The number of ether oxygens (including phenoxy) is 2. The SMILES string of the molecule is CCOc1cc(/C=C2\C(=O)NC(=S)N(c3cccc(Cl)c3Cl)C2=O)cc(Br)c1OCc1ccc(Cl)cc1Cl. The quantitative estimate of drug-likeness (QED) is 0.157. The van der Waals surface area contributed by atoms with Crippen molar-refractivity contribution in [2.45, 2.75) is 13.5 Å². The monoisotopic (exact) mass is 672 g/mol. The highest BCUT2D eigenvalue weighted by Crippen LogP contribution is 2.39. The van der Waals surface area contributed by atoms with Gasteiger partial charge in [0.05, 0.1) is 26.8 Å². The number of amides is 2. The summed E-state index contributed by atoms with van der Waals surface area (Å²) in [5.41, 5.74) is 1.32. The predicted molar refractivity (Wildman–Crippen MR) is 159 cm³/mol. The number of halogens is 5. The third kappa shape index (κ3) is 6.11. The number of thiocarbonyl (C=S) groups is 1. The van der Waals surface area contributed by atoms with E-state index in [2.05, 4.69) is 21.2 Å². The van der Waals surface area contributed by atoms with Crippen LogP contribution in [0, 0.1) is 0 Å². The summed E-state index contributed by atoms with van der Waals surface area (Å²) < 4.78 is 12.3. The second-order valence-electron chi connectivity index (χ2n) is 7.82. The molecule has 1 aliphatic heterocycles. The first-order valence-electron chi connectivity index (χ1n) is 11.0. The van der Waals surface area contributed by atoms with Crippen LogP contribution in [0.3, 0.4) is 0 Å². The zero-order chi connectivity index (χ0) is 27.6. The largest absolute Gasteiger partial charge is 0.490 e. The third-order valence-corrected chi connectivity index (χ3v) is 7.57. The molecule has 2 amide bonds. The average molecular weight is 675 g/mol. The van der Waals surface area contributed by atoms with E-state index in [9.17, 15) is 9.59 Å². The van der Waals surface area contributed by atoms with E-state index in [-0.39, 0.29) is 33.0 Å². The van der Waals surface area contributed by atoms with Gasteiger partial charge in [-0.3, -0.25) is 19.8 Å². The van der Waals surface area contributed by atoms with Gasteiger partial charge in [-0.1, -0.05) is 58.5 Å². The van der Waals surface area contributed by atoms with Gasteiger partial charge in [0.15, 0.2) is 16.6 Å². The summed E-state index contributed by atoms with van der Waals surface area (Å²) in [6, 6.07) is 13.3. The van der Waals surface area contributed by atoms with Crippen molar-refractivity contribution in [1.29, 1.82) is 0 Å². The van der Waals surface area contributed by atoms with Gasteiger partial charge in [0.25, 0.3) is 11.8 Å². The van der Waals surface area contributed by atoms with Crippen molar-refractivity contribution in [3.63, 3.8) is 0 Å². The van der Waals surface area contributed by atoms with Crippen molar-refractivity contribution in [3.8, 4) is 11.5 Å². The lowest BCUT2D eigenvalue weighted by molar-refractivity contribution is -0.122. The fourth-order valence-corrected chi connectivity index (χ4v) is 5.26. The van der Waals surface area contributed by atoms with Crippen molar-refractivity contribution >= 4 is 103 Å². The van der Waals surface area contributed by atoms with Crippen LogP contribution in [0.25, 0.3) is 6.08 Å². The first-order valence-corrected chi connectivity index (χ1v) is 13.7. The molecule has 0 aliphatic carbocycles. The molecule has 38 heavy (non-hydrogen) atoms. The van der Waals surface area contributed by atoms with Gasteiger partial charge < -0.3 is 9.47 Å². The summed E-state index contributed by atoms with van der Waals surface area (Å²) >= 11 is 33.4. The van der Waals surface area contributed by atoms with Crippen LogP contribution in [-0.4, -0.2) is 23.5 Å². The molecular formula is C26H17BrCl4N2O4S. The van der Waals surface area contributed by atoms with Gasteiger partial charge >= 0.3 is 0 Å². The Morgan fingerprint density at radius 1 is 1.03 bits per heavy atom. The van der Waals surface area contributed by atoms with E-state index in [1.165, 1.54) is 6.08 Å². The molecule has 0 spiro atoms. The number of nitrogens with zero attached hydrogens (tertiary/aromatic N) is 1. The number of rotatable bonds is 7. The van der Waals surface area contributed by atoms with Crippen LogP contribution in [0.4, 0.5) is 5.69 Å². The van der Waals surface area contributed by atoms with Gasteiger partial charge in [-0.15, -0.1) is 0 Å². The summed E-state index contributed by atoms with van der Waals surface area (Å²) in [4.78, 5) is 27.3. The molecule has 0 radical (unpaired) electrons. The van der Waals surface area contributed by atoms with Crippen molar-refractivity contribution in [3.05, 3.63) is 89.8 Å². The van der Waals surface area contributed by atoms with Crippen LogP contribution in [0.15, 0.2) is 58.6 Å². The van der Waals surface area contributed by atoms with E-state index in [1.54, 1.807) is 48.5 Å². The molecule has 1 N–H and O–H groups in total. The molecule has 6 nitrogen and oxygen atoms in total. The Kier molecular flexibility index (Phi) is 9.23. The van der Waals surface area contributed by atoms with E-state index in [1.807, 2.05) is 6.92 Å². The lowest BCUT2D eigenvalue weighted by Gasteiger charge is -2.29. The summed E-state index contributed by atoms with van der Waals surface area (Å²) in [6.07, 6.45) is 1.43. The summed E-state index contributed by atoms with van der Waals surface area (Å²) in [7, 11) is 0. The molecule has 0 bridgehead atoms. The lowest BCUT2D eigenvalue weighted by atomic mass is 10.1. The Hall–Kier alpha value is -2.33. The zero-order valence-electron chi connectivity index (χ0n) is 19.5. The topological polar surface area (TPSA) is 67.9 Å². The fourth-order valence-electron chi connectivity index (χ4n) is 3.57. The normalized spacial score (nSPS) is 14.6. The van der Waals surface area contributed by atoms with E-state index in [4.69, 9.17) is 68.1 Å². The molecule has 1 heterocycles. The zero-order valence-corrected chi connectivity index (χ0v) is 24.9. The molecule has 0 atom stereocenters. The van der Waals surface area contributed by atoms with E-state index < -0.39 is 11.8 Å². The molecule has 0 aromatic heterocycles. The second-order valence-corrected chi connectivity index (χ2v) is 10.7. The standard InChI is InChI=1S/C26H17BrCl4N2O4S/c1-2-36-21-10-13(9-17(27)23(21)37-12-14-6-7-15(28)11-19(14)30)8-16-24(34)32-26(38)33(25(16)35)20-5-3-4-18(29)22(20)31/h3-11H,2,12H2,1H3,(H,32,34,38)/b16-8+. The molecule has 196 valence electrons. The second kappa shape index (κ2) is 12.2. The molecule has 1 fully saturated rings. The smallest absolute Gasteiger partial charge is 0.270 e. The van der Waals surface area contributed by atoms with E-state index in [0.717, 1.165) is 10.5 Å². The Morgan fingerprint density at radius 3 is 2.50 bits per heavy atom. The molecular weight excluding hydrogens is 658 g/mol. The average Bonchev–Trinajstić information content (AvgIpc) is 2.85. The van der Waals surface area contributed by atoms with Crippen molar-refractivity contribution in [2.24, 2.45) is 0 Å². The highest BCUT2D eigenvalue weighted by atomic mass is 79.9. The molecule has 0 saturated carbocycles. The number of benzene rings is 3. The fraction of sp³-hybridized carbons (Fsp3) is 0.115. The van der Waals surface area contributed by atoms with Crippen LogP contribution in [0.2, 0.25) is 20.1 Å². The number of hydrogen-bond acceptors (Lipinski definition) is 5. The van der Waals surface area contributed by atoms with Gasteiger partial charge in [-0.05, 0) is 83.1 Å². The minimum atomic E-state index is -0.658. The summed E-state index contributed by atoms with van der Waals surface area (Å²) in [5, 5.41) is 3.77. The molecule has 3 aromatic carbocycles. The van der Waals surface area contributed by atoms with E-state index in [0.29, 0.717) is 38.2 Å². The maximum Gasteiger partial charge on any atom is 0.270 e. The first kappa shape index (κ1) is 28.7. The highest BCUT2D eigenvalue weighted by Gasteiger charge is 2.35. The number of carbonyl (C=O) groups is 2. The van der Waals surface area contributed by atoms with E-state index >= 15 is 0 Å². The molecule has 3 aromatic rings. The van der Waals surface area contributed by atoms with Crippen molar-refractivity contribution < 1.29 is 19.1 Å². The first-order chi connectivity index (χ1) is 18.1. The van der Waals surface area contributed by atoms with Gasteiger partial charge in [0, 0.05) is 15.6 Å². The summed E-state index contributed by atoms with van der Waals surface area (Å²) in [5.74, 6) is -0.489. The maximum absolute atomic E-state index is 13.4. The van der Waals surface area contributed by atoms with Crippen LogP contribution in [-0.2, 0) is 16.2 Å². The Morgan fingerprint density at radius 2 is 1.79 bits per heavy atom. The Bertz CT molecular complexity index is 1500. The molecule has 0 unspecified atom stereocenters. The minimum absolute atomic E-state index is 0.109. The van der Waals surface area contributed by atoms with Gasteiger partial charge in [0.2, 0.25) is 0 Å². The predicted octanol–water partition coefficient (Wildman–Crippen LogP) is 7.87. The number of nitrogens with one attached hydrogen (secondary N) is 1. The third-order valence-electron chi connectivity index (χ3n) is 5.30. The number of carbonyl (C=O) groups excluding carboxylic acids is 2. The van der Waals surface area contributed by atoms with Crippen molar-refractivity contribution in [2.75, 3.05) is 11.5 Å². The molecule has 1 saturated heterocycles. The van der Waals surface area contributed by atoms with Gasteiger partial charge in [-0.2, -0.15) is 0 Å². The van der Waals surface area contributed by atoms with Crippen LogP contribution in [0.1, 0.15) is 18.1 Å². The van der Waals surface area contributed by atoms with Gasteiger partial charge in [-0.25, -0.2) is 0 Å². The number of hydrogen-bond donors (Lipinski definition) is 1. The molecule has 4 rings (SSSR count). The molecule has 1 aliphatic rings. The van der Waals surface area contributed by atoms with Crippen LogP contribution < -0.4 is 19.7 Å². The van der Waals surface area contributed by atoms with Crippen LogP contribution in [0.5, 0.6) is 11.5 Å². The summed E-state index contributed by atoms with van der Waals surface area (Å²) in [6.45, 7) is 2.33. The van der Waals surface area contributed by atoms with Crippen LogP contribution >= 0.6 is 74.6 Å². The number of anilines is 1. The highest BCUT2D eigenvalue weighted by molar-refractivity contribution is 9.10. The Balaban J connectivity index is 1.68.